The number of amides is 1. The Bertz CT molecular complexity index is 761. The number of anilines is 1. The van der Waals surface area contributed by atoms with E-state index in [9.17, 15) is 9.90 Å². The molecule has 0 aliphatic carbocycles. The Morgan fingerprint density at radius 2 is 2.11 bits per heavy atom. The molecule has 0 spiro atoms. The van der Waals surface area contributed by atoms with Crippen LogP contribution in [0.15, 0.2) is 35.9 Å². The molecule has 2 N–H and O–H groups in total. The first-order valence-corrected chi connectivity index (χ1v) is 8.75. The van der Waals surface area contributed by atoms with Crippen LogP contribution in [-0.4, -0.2) is 44.3 Å². The summed E-state index contributed by atoms with van der Waals surface area (Å²) in [5, 5.41) is 14.5. The van der Waals surface area contributed by atoms with Gasteiger partial charge in [-0.1, -0.05) is 35.4 Å². The van der Waals surface area contributed by atoms with Crippen molar-refractivity contribution in [1.82, 2.24) is 5.32 Å². The zero-order chi connectivity index (χ0) is 20.2. The second-order valence-electron chi connectivity index (χ2n) is 6.51. The summed E-state index contributed by atoms with van der Waals surface area (Å²) >= 11 is 6.37. The number of hydrogen-bond donors (Lipinski definition) is 2. The normalized spacial score (nSPS) is 26.9. The Kier molecular flexibility index (Phi) is 6.75. The predicted molar refractivity (Wildman–Crippen MR) is 104 cm³/mol. The molecule has 27 heavy (non-hydrogen) atoms. The van der Waals surface area contributed by atoms with Crippen LogP contribution in [-0.2, 0) is 16.0 Å². The molecule has 0 fully saturated rings. The second-order valence-corrected chi connectivity index (χ2v) is 6.89. The summed E-state index contributed by atoms with van der Waals surface area (Å²) in [7, 11) is 4.51. The predicted octanol–water partition coefficient (Wildman–Crippen LogP) is 3.21. The highest BCUT2D eigenvalue weighted by atomic mass is 35.5. The Hall–Kier alpha value is -2.22. The molecule has 0 radical (unpaired) electrons. The van der Waals surface area contributed by atoms with Crippen molar-refractivity contribution in [1.29, 1.82) is 0 Å². The van der Waals surface area contributed by atoms with Crippen LogP contribution in [0.1, 0.15) is 19.4 Å². The molecule has 1 amide bonds. The molecule has 148 valence electrons. The van der Waals surface area contributed by atoms with Gasteiger partial charge < -0.3 is 19.4 Å². The molecule has 2 rings (SSSR count). The molecule has 1 aromatic carbocycles. The standard InChI is InChI=1S/C19H25ClN2O5/c1-12-7-6-8-16(26-5)19(2,24)21-18(23)27-22(3)14-10-13(9-12)11-15(25-4)17(14)20/h6-8,10-11,16,24H,9H2,1-5H3,(H,21,23)/b8-6+,12-7+/t16-,19-/m0/s1. The van der Waals surface area contributed by atoms with E-state index < -0.39 is 17.9 Å². The fraction of sp³-hybridized carbons (Fsp3) is 0.421. The third-order valence-electron chi connectivity index (χ3n) is 4.17. The van der Waals surface area contributed by atoms with Gasteiger partial charge in [0.25, 0.3) is 0 Å². The number of nitrogens with one attached hydrogen (secondary N) is 1. The first-order chi connectivity index (χ1) is 12.7. The molecular formula is C19H25ClN2O5. The molecule has 0 unspecified atom stereocenters. The highest BCUT2D eigenvalue weighted by molar-refractivity contribution is 6.34. The molecule has 1 aliphatic rings. The third-order valence-corrected chi connectivity index (χ3v) is 4.55. The lowest BCUT2D eigenvalue weighted by Crippen LogP contribution is -2.55. The van der Waals surface area contributed by atoms with Gasteiger partial charge in [-0.3, -0.25) is 5.32 Å². The maximum absolute atomic E-state index is 12.3. The van der Waals surface area contributed by atoms with Gasteiger partial charge in [0, 0.05) is 14.2 Å². The van der Waals surface area contributed by atoms with E-state index in [1.807, 2.05) is 25.1 Å². The Morgan fingerprint density at radius 3 is 2.74 bits per heavy atom. The van der Waals surface area contributed by atoms with Crippen molar-refractivity contribution >= 4 is 23.4 Å². The number of allylic oxidation sites excluding steroid dienone is 3. The molecule has 1 aromatic rings. The van der Waals surface area contributed by atoms with Gasteiger partial charge in [0.05, 0.1) is 12.8 Å². The smallest absolute Gasteiger partial charge is 0.433 e. The number of methoxy groups -OCH3 is 2. The largest absolute Gasteiger partial charge is 0.495 e. The van der Waals surface area contributed by atoms with Crippen molar-refractivity contribution in [2.45, 2.75) is 32.1 Å². The van der Waals surface area contributed by atoms with Crippen LogP contribution < -0.4 is 15.1 Å². The van der Waals surface area contributed by atoms with Gasteiger partial charge >= 0.3 is 6.09 Å². The van der Waals surface area contributed by atoms with Crippen molar-refractivity contribution in [3.05, 3.63) is 46.5 Å². The van der Waals surface area contributed by atoms with Gasteiger partial charge in [0.1, 0.15) is 16.9 Å². The minimum absolute atomic E-state index is 0.312. The van der Waals surface area contributed by atoms with E-state index in [-0.39, 0.29) is 0 Å². The quantitative estimate of drug-likeness (QED) is 0.799. The van der Waals surface area contributed by atoms with Gasteiger partial charge in [-0.2, -0.15) is 0 Å². The van der Waals surface area contributed by atoms with Crippen LogP contribution in [0, 0.1) is 0 Å². The van der Waals surface area contributed by atoms with E-state index in [0.29, 0.717) is 22.9 Å². The second kappa shape index (κ2) is 8.65. The number of rotatable bonds is 2. The summed E-state index contributed by atoms with van der Waals surface area (Å²) in [5.74, 6) is 0.474. The lowest BCUT2D eigenvalue weighted by Gasteiger charge is -2.31. The summed E-state index contributed by atoms with van der Waals surface area (Å²) < 4.78 is 10.6. The van der Waals surface area contributed by atoms with Gasteiger partial charge in [-0.25, -0.2) is 9.86 Å². The maximum atomic E-state index is 12.3. The van der Waals surface area contributed by atoms with Gasteiger partial charge in [0.2, 0.25) is 0 Å². The molecule has 2 atom stereocenters. The van der Waals surface area contributed by atoms with Gasteiger partial charge in [0.15, 0.2) is 5.72 Å². The average Bonchev–Trinajstić information content (AvgIpc) is 2.58. The molecule has 7 nitrogen and oxygen atoms in total. The molecule has 0 saturated carbocycles. The number of halogens is 1. The number of hydrogen-bond acceptors (Lipinski definition) is 6. The monoisotopic (exact) mass is 396 g/mol. The van der Waals surface area contributed by atoms with E-state index in [1.165, 1.54) is 26.2 Å². The number of ether oxygens (including phenoxy) is 2. The minimum Gasteiger partial charge on any atom is -0.495 e. The van der Waals surface area contributed by atoms with Crippen molar-refractivity contribution < 1.29 is 24.2 Å². The zero-order valence-electron chi connectivity index (χ0n) is 16.1. The van der Waals surface area contributed by atoms with Crippen LogP contribution in [0.5, 0.6) is 5.75 Å². The van der Waals surface area contributed by atoms with E-state index in [0.717, 1.165) is 11.1 Å². The lowest BCUT2D eigenvalue weighted by atomic mass is 10.0. The van der Waals surface area contributed by atoms with Crippen molar-refractivity contribution in [2.75, 3.05) is 26.3 Å². The molecule has 1 aliphatic heterocycles. The van der Waals surface area contributed by atoms with Gasteiger partial charge in [-0.15, -0.1) is 0 Å². The minimum atomic E-state index is -1.68. The molecular weight excluding hydrogens is 372 g/mol. The molecule has 8 heteroatoms. The van der Waals surface area contributed by atoms with Crippen LogP contribution in [0.3, 0.4) is 0 Å². The first-order valence-electron chi connectivity index (χ1n) is 8.37. The van der Waals surface area contributed by atoms with Crippen LogP contribution in [0.4, 0.5) is 10.5 Å². The Morgan fingerprint density at radius 1 is 1.41 bits per heavy atom. The van der Waals surface area contributed by atoms with E-state index >= 15 is 0 Å². The summed E-state index contributed by atoms with van der Waals surface area (Å²) in [5.41, 5.74) is 0.792. The Balaban J connectivity index is 2.51. The summed E-state index contributed by atoms with van der Waals surface area (Å²) in [4.78, 5) is 17.5. The molecule has 0 saturated heterocycles. The van der Waals surface area contributed by atoms with E-state index in [4.69, 9.17) is 25.9 Å². The molecule has 2 bridgehead atoms. The zero-order valence-corrected chi connectivity index (χ0v) is 16.8. The number of carbonyl (C=O) groups excluding carboxylic acids is 1. The Labute approximate surface area is 164 Å². The van der Waals surface area contributed by atoms with Crippen LogP contribution >= 0.6 is 11.6 Å². The number of hydroxylamine groups is 1. The fourth-order valence-corrected chi connectivity index (χ4v) is 3.09. The van der Waals surface area contributed by atoms with Gasteiger partial charge in [-0.05, 0) is 38.0 Å². The molecule has 1 heterocycles. The first kappa shape index (κ1) is 21.1. The number of nitrogens with zero attached hydrogens (tertiary/aromatic N) is 1. The SMILES string of the molecule is COc1cc2cc(c1Cl)N(C)OC(=O)N[C@@](C)(O)[C@@H](OC)/C=C/C=C(\C)C2. The highest BCUT2D eigenvalue weighted by Gasteiger charge is 2.33. The summed E-state index contributed by atoms with van der Waals surface area (Å²) in [6.45, 7) is 3.41. The van der Waals surface area contributed by atoms with Crippen LogP contribution in [0.2, 0.25) is 5.02 Å². The fourth-order valence-electron chi connectivity index (χ4n) is 2.79. The topological polar surface area (TPSA) is 80.3 Å². The van der Waals surface area contributed by atoms with Crippen molar-refractivity contribution in [2.24, 2.45) is 0 Å². The third kappa shape index (κ3) is 5.15. The van der Waals surface area contributed by atoms with Crippen molar-refractivity contribution in [3.63, 3.8) is 0 Å². The van der Waals surface area contributed by atoms with E-state index in [1.54, 1.807) is 19.2 Å². The number of fused-ring (bicyclic) bond motifs is 2. The average molecular weight is 397 g/mol. The number of aliphatic hydroxyl groups is 1. The number of carbonyl (C=O) groups is 1. The van der Waals surface area contributed by atoms with E-state index in [2.05, 4.69) is 5.32 Å². The highest BCUT2D eigenvalue weighted by Crippen LogP contribution is 2.36. The summed E-state index contributed by atoms with van der Waals surface area (Å²) in [6, 6.07) is 3.66. The number of benzene rings is 1. The maximum Gasteiger partial charge on any atom is 0.433 e. The molecule has 0 aromatic heterocycles. The van der Waals surface area contributed by atoms with Crippen LogP contribution in [0.25, 0.3) is 0 Å². The lowest BCUT2D eigenvalue weighted by molar-refractivity contribution is -0.0770. The van der Waals surface area contributed by atoms with Crippen molar-refractivity contribution in [3.8, 4) is 5.75 Å². The summed E-state index contributed by atoms with van der Waals surface area (Å²) in [6.07, 6.45) is 4.35.